The molecular weight excluding hydrogens is 213 g/mol. The van der Waals surface area contributed by atoms with Gasteiger partial charge in [-0.2, -0.15) is 0 Å². The Morgan fingerprint density at radius 3 is 2.07 bits per heavy atom. The SMILES string of the molecule is C=CC(=O)ON[SH](=O)=O.CCCC.F. The summed E-state index contributed by atoms with van der Waals surface area (Å²) >= 11 is 0. The van der Waals surface area contributed by atoms with Gasteiger partial charge in [-0.1, -0.05) is 33.3 Å². The first-order chi connectivity index (χ1) is 6.08. The Bertz CT molecular complexity index is 208. The van der Waals surface area contributed by atoms with Crippen molar-refractivity contribution in [1.82, 2.24) is 4.89 Å². The molecule has 0 saturated heterocycles. The van der Waals surface area contributed by atoms with Crippen molar-refractivity contribution in [2.24, 2.45) is 0 Å². The van der Waals surface area contributed by atoms with Gasteiger partial charge >= 0.3 is 5.97 Å². The molecule has 1 N–H and O–H groups in total. The molecule has 0 aliphatic carbocycles. The maximum Gasteiger partial charge on any atom is 0.349 e. The second-order valence-electron chi connectivity index (χ2n) is 1.97. The number of unbranched alkanes of at least 4 members (excludes halogenated alkanes) is 1. The van der Waals surface area contributed by atoms with E-state index in [1.165, 1.54) is 17.7 Å². The summed E-state index contributed by atoms with van der Waals surface area (Å²) in [5, 5.41) is 0. The zero-order valence-corrected chi connectivity index (χ0v) is 9.08. The fourth-order valence-electron chi connectivity index (χ4n) is 0.124. The highest BCUT2D eigenvalue weighted by molar-refractivity contribution is 7.70. The fraction of sp³-hybridized carbons (Fsp3) is 0.571. The van der Waals surface area contributed by atoms with Crippen molar-refractivity contribution in [3.8, 4) is 0 Å². The number of carbonyl (C=O) groups excluding carboxylic acids is 1. The Labute approximate surface area is 84.5 Å². The molecule has 0 unspecified atom stereocenters. The summed E-state index contributed by atoms with van der Waals surface area (Å²) < 4.78 is 19.3. The number of carbonyl (C=O) groups is 1. The standard InChI is InChI=1S/C4H10.C3H5NO4S.FH/c1-3-4-2;1-2-3(5)8-4-9(6)7;/h3-4H2,1-2H3;2,9H,1H2,(H,4,6,7);1H. The van der Waals surface area contributed by atoms with Gasteiger partial charge in [0.1, 0.15) is 0 Å². The first kappa shape index (κ1) is 18.8. The van der Waals surface area contributed by atoms with Gasteiger partial charge in [0.15, 0.2) is 0 Å². The molecule has 5 nitrogen and oxygen atoms in total. The minimum atomic E-state index is -2.88. The highest BCUT2D eigenvalue weighted by atomic mass is 32.2. The third-order valence-electron chi connectivity index (χ3n) is 0.887. The lowest BCUT2D eigenvalue weighted by molar-refractivity contribution is -0.140. The maximum atomic E-state index is 10.0. The molecule has 0 aromatic rings. The Morgan fingerprint density at radius 2 is 1.86 bits per heavy atom. The quantitative estimate of drug-likeness (QED) is 0.423. The van der Waals surface area contributed by atoms with E-state index in [0.29, 0.717) is 0 Å². The summed E-state index contributed by atoms with van der Waals surface area (Å²) in [6.07, 6.45) is 3.48. The predicted molar refractivity (Wildman–Crippen MR) is 52.8 cm³/mol. The van der Waals surface area contributed by atoms with Crippen LogP contribution in [0.3, 0.4) is 0 Å². The van der Waals surface area contributed by atoms with Gasteiger partial charge in [-0.05, 0) is 4.89 Å². The van der Waals surface area contributed by atoms with E-state index in [0.717, 1.165) is 6.08 Å². The Balaban J connectivity index is -0.000000209. The average Bonchev–Trinajstić information content (AvgIpc) is 2.14. The summed E-state index contributed by atoms with van der Waals surface area (Å²) in [6, 6.07) is 0. The molecule has 0 spiro atoms. The molecule has 0 rings (SSSR count). The third kappa shape index (κ3) is 22.5. The molecule has 0 atom stereocenters. The molecule has 0 aromatic heterocycles. The van der Waals surface area contributed by atoms with E-state index >= 15 is 0 Å². The molecule has 0 aliphatic rings. The molecular formula is C7H16FNO4S. The minimum absolute atomic E-state index is 0. The first-order valence-electron chi connectivity index (χ1n) is 3.81. The topological polar surface area (TPSA) is 72.5 Å². The van der Waals surface area contributed by atoms with Gasteiger partial charge in [0.2, 0.25) is 10.9 Å². The van der Waals surface area contributed by atoms with Crippen LogP contribution >= 0.6 is 0 Å². The second kappa shape index (κ2) is 14.6. The smallest absolute Gasteiger partial charge is 0.349 e. The van der Waals surface area contributed by atoms with Crippen LogP contribution in [0.5, 0.6) is 0 Å². The molecule has 0 heterocycles. The van der Waals surface area contributed by atoms with Crippen LogP contribution < -0.4 is 4.89 Å². The van der Waals surface area contributed by atoms with Crippen molar-refractivity contribution in [2.45, 2.75) is 26.7 Å². The number of halogens is 1. The number of nitrogens with one attached hydrogen (secondary N) is 1. The van der Waals surface area contributed by atoms with Gasteiger partial charge in [0, 0.05) is 6.08 Å². The van der Waals surface area contributed by atoms with Gasteiger partial charge in [-0.15, -0.1) is 0 Å². The van der Waals surface area contributed by atoms with Crippen LogP contribution in [0.2, 0.25) is 0 Å². The number of hydrogen-bond donors (Lipinski definition) is 2. The second-order valence-corrected chi connectivity index (χ2v) is 2.67. The monoisotopic (exact) mass is 229 g/mol. The molecule has 0 amide bonds. The molecule has 0 aliphatic heterocycles. The van der Waals surface area contributed by atoms with Crippen molar-refractivity contribution in [3.05, 3.63) is 12.7 Å². The molecule has 0 aromatic carbocycles. The first-order valence-corrected chi connectivity index (χ1v) is 4.99. The molecule has 7 heteroatoms. The summed E-state index contributed by atoms with van der Waals surface area (Å²) in [6.45, 7) is 7.39. The lowest BCUT2D eigenvalue weighted by atomic mass is 10.4. The van der Waals surface area contributed by atoms with Crippen LogP contribution in [0.15, 0.2) is 12.7 Å². The number of rotatable bonds is 4. The van der Waals surface area contributed by atoms with E-state index in [1.54, 1.807) is 0 Å². The normalized spacial score (nSPS) is 7.93. The van der Waals surface area contributed by atoms with Crippen LogP contribution in [-0.4, -0.2) is 14.4 Å². The molecule has 86 valence electrons. The molecule has 0 fully saturated rings. The fourth-order valence-corrected chi connectivity index (χ4v) is 0.288. The number of thiol groups is 1. The van der Waals surface area contributed by atoms with Crippen LogP contribution in [0, 0.1) is 0 Å². The highest BCUT2D eigenvalue weighted by Gasteiger charge is 1.92. The van der Waals surface area contributed by atoms with E-state index in [2.05, 4.69) is 25.3 Å². The Morgan fingerprint density at radius 1 is 1.43 bits per heavy atom. The Kier molecular flexibility index (Phi) is 19.5. The predicted octanol–water partition coefficient (Wildman–Crippen LogP) is 0.706. The van der Waals surface area contributed by atoms with Crippen LogP contribution in [0.25, 0.3) is 0 Å². The van der Waals surface area contributed by atoms with E-state index < -0.39 is 16.9 Å². The molecule has 14 heavy (non-hydrogen) atoms. The number of hydrogen-bond acceptors (Lipinski definition) is 4. The lowest BCUT2D eigenvalue weighted by Gasteiger charge is -1.91. The van der Waals surface area contributed by atoms with Crippen molar-refractivity contribution < 1.29 is 22.8 Å². The molecule has 0 saturated carbocycles. The van der Waals surface area contributed by atoms with E-state index in [9.17, 15) is 13.2 Å². The van der Waals surface area contributed by atoms with E-state index in [4.69, 9.17) is 0 Å². The van der Waals surface area contributed by atoms with E-state index in [-0.39, 0.29) is 4.70 Å². The largest absolute Gasteiger partial charge is 0.352 e. The molecule has 0 bridgehead atoms. The summed E-state index contributed by atoms with van der Waals surface area (Å²) in [5.74, 6) is -0.839. The van der Waals surface area contributed by atoms with Crippen molar-refractivity contribution in [2.75, 3.05) is 0 Å². The van der Waals surface area contributed by atoms with Crippen molar-refractivity contribution in [3.63, 3.8) is 0 Å². The minimum Gasteiger partial charge on any atom is -0.352 e. The van der Waals surface area contributed by atoms with Crippen LogP contribution in [0.1, 0.15) is 26.7 Å². The zero-order chi connectivity index (χ0) is 10.7. The van der Waals surface area contributed by atoms with Crippen LogP contribution in [-0.2, 0) is 20.5 Å². The average molecular weight is 229 g/mol. The summed E-state index contributed by atoms with van der Waals surface area (Å²) in [4.78, 5) is 15.3. The van der Waals surface area contributed by atoms with Crippen molar-refractivity contribution in [1.29, 1.82) is 0 Å². The summed E-state index contributed by atoms with van der Waals surface area (Å²) in [5.41, 5.74) is 0. The summed E-state index contributed by atoms with van der Waals surface area (Å²) in [7, 11) is -2.88. The van der Waals surface area contributed by atoms with Crippen LogP contribution in [0.4, 0.5) is 4.70 Å². The van der Waals surface area contributed by atoms with Gasteiger partial charge < -0.3 is 4.84 Å². The van der Waals surface area contributed by atoms with Gasteiger partial charge in [-0.3, -0.25) is 4.70 Å². The maximum absolute atomic E-state index is 10.0. The lowest BCUT2D eigenvalue weighted by Crippen LogP contribution is -2.15. The Hall–Kier alpha value is -0.950. The molecule has 0 radical (unpaired) electrons. The van der Waals surface area contributed by atoms with E-state index in [1.807, 2.05) is 0 Å². The van der Waals surface area contributed by atoms with Gasteiger partial charge in [0.05, 0.1) is 0 Å². The van der Waals surface area contributed by atoms with Crippen molar-refractivity contribution >= 4 is 16.9 Å². The third-order valence-corrected chi connectivity index (χ3v) is 1.13. The van der Waals surface area contributed by atoms with Gasteiger partial charge in [-0.25, -0.2) is 13.2 Å². The highest BCUT2D eigenvalue weighted by Crippen LogP contribution is 1.76. The van der Waals surface area contributed by atoms with Gasteiger partial charge in [0.25, 0.3) is 0 Å². The zero-order valence-electron chi connectivity index (χ0n) is 8.19.